The standard InChI is InChI=1S/C17H17N5O4/c1-10-18-6-12(7-19-10)13-4-11-8-20-22(17(24)25)14(11)5-15(13)26-9-16(23)21(2)3/h4-8H,9H2,1-3H3,(H,24,25). The summed E-state index contributed by atoms with van der Waals surface area (Å²) in [7, 11) is 3.26. The smallest absolute Gasteiger partial charge is 0.432 e. The van der Waals surface area contributed by atoms with Crippen molar-refractivity contribution in [3.8, 4) is 16.9 Å². The lowest BCUT2D eigenvalue weighted by atomic mass is 10.1. The van der Waals surface area contributed by atoms with Gasteiger partial charge in [-0.25, -0.2) is 14.8 Å². The second-order valence-electron chi connectivity index (χ2n) is 5.84. The fraction of sp³-hybridized carbons (Fsp3) is 0.235. The molecular formula is C17H17N5O4. The van der Waals surface area contributed by atoms with Crippen LogP contribution in [0.25, 0.3) is 22.0 Å². The number of carboxylic acid groups (broad SMARTS) is 1. The van der Waals surface area contributed by atoms with Gasteiger partial charge in [0.2, 0.25) is 0 Å². The summed E-state index contributed by atoms with van der Waals surface area (Å²) in [5, 5.41) is 13.7. The van der Waals surface area contributed by atoms with Crippen LogP contribution in [-0.4, -0.2) is 62.5 Å². The molecule has 0 radical (unpaired) electrons. The van der Waals surface area contributed by atoms with Crippen molar-refractivity contribution in [2.75, 3.05) is 20.7 Å². The van der Waals surface area contributed by atoms with E-state index in [0.29, 0.717) is 33.6 Å². The molecule has 0 unspecified atom stereocenters. The van der Waals surface area contributed by atoms with E-state index in [0.717, 1.165) is 4.68 Å². The van der Waals surface area contributed by atoms with E-state index < -0.39 is 6.09 Å². The molecule has 0 atom stereocenters. The Hall–Kier alpha value is -3.49. The molecule has 1 aromatic carbocycles. The first kappa shape index (κ1) is 17.3. The summed E-state index contributed by atoms with van der Waals surface area (Å²) in [6, 6.07) is 3.29. The van der Waals surface area contributed by atoms with Crippen LogP contribution in [0.1, 0.15) is 5.82 Å². The Labute approximate surface area is 148 Å². The van der Waals surface area contributed by atoms with Crippen molar-refractivity contribution >= 4 is 22.9 Å². The molecule has 0 bridgehead atoms. The van der Waals surface area contributed by atoms with E-state index in [-0.39, 0.29) is 12.5 Å². The number of fused-ring (bicyclic) bond motifs is 1. The Bertz CT molecular complexity index is 979. The van der Waals surface area contributed by atoms with Gasteiger partial charge in [-0.2, -0.15) is 9.78 Å². The summed E-state index contributed by atoms with van der Waals surface area (Å²) in [5.74, 6) is 0.755. The molecule has 1 amide bonds. The van der Waals surface area contributed by atoms with Crippen molar-refractivity contribution in [3.05, 3.63) is 36.5 Å². The van der Waals surface area contributed by atoms with Gasteiger partial charge in [-0.1, -0.05) is 0 Å². The average Bonchev–Trinajstić information content (AvgIpc) is 3.02. The maximum Gasteiger partial charge on any atom is 0.432 e. The Kier molecular flexibility index (Phi) is 4.53. The number of carbonyl (C=O) groups excluding carboxylic acids is 1. The molecule has 0 aliphatic rings. The molecule has 0 saturated heterocycles. The molecule has 134 valence electrons. The van der Waals surface area contributed by atoms with Crippen LogP contribution in [0.3, 0.4) is 0 Å². The molecule has 0 aliphatic carbocycles. The summed E-state index contributed by atoms with van der Waals surface area (Å²) in [6.07, 6.45) is 3.54. The summed E-state index contributed by atoms with van der Waals surface area (Å²) >= 11 is 0. The van der Waals surface area contributed by atoms with Crippen LogP contribution in [-0.2, 0) is 4.79 Å². The van der Waals surface area contributed by atoms with Gasteiger partial charge in [0, 0.05) is 49.1 Å². The number of hydrogen-bond donors (Lipinski definition) is 1. The lowest BCUT2D eigenvalue weighted by Crippen LogP contribution is -2.27. The van der Waals surface area contributed by atoms with Crippen molar-refractivity contribution in [1.29, 1.82) is 0 Å². The van der Waals surface area contributed by atoms with Crippen LogP contribution in [0, 0.1) is 6.92 Å². The van der Waals surface area contributed by atoms with Crippen LogP contribution in [0.4, 0.5) is 4.79 Å². The van der Waals surface area contributed by atoms with E-state index in [9.17, 15) is 14.7 Å². The summed E-state index contributed by atoms with van der Waals surface area (Å²) < 4.78 is 6.53. The average molecular weight is 355 g/mol. The molecule has 0 saturated carbocycles. The first-order valence-electron chi connectivity index (χ1n) is 7.74. The number of amides is 1. The maximum absolute atomic E-state index is 11.9. The molecule has 0 spiro atoms. The van der Waals surface area contributed by atoms with Gasteiger partial charge in [-0.05, 0) is 13.0 Å². The van der Waals surface area contributed by atoms with Crippen LogP contribution in [0.15, 0.2) is 30.7 Å². The van der Waals surface area contributed by atoms with Gasteiger partial charge in [0.15, 0.2) is 6.61 Å². The van der Waals surface area contributed by atoms with Gasteiger partial charge in [0.05, 0.1) is 11.7 Å². The number of ether oxygens (including phenoxy) is 1. The van der Waals surface area contributed by atoms with Crippen LogP contribution in [0.2, 0.25) is 0 Å². The number of hydrogen-bond acceptors (Lipinski definition) is 6. The van der Waals surface area contributed by atoms with E-state index in [4.69, 9.17) is 4.74 Å². The van der Waals surface area contributed by atoms with Crippen LogP contribution in [0.5, 0.6) is 5.75 Å². The maximum atomic E-state index is 11.9. The minimum atomic E-state index is -1.21. The highest BCUT2D eigenvalue weighted by Gasteiger charge is 2.16. The topological polar surface area (TPSA) is 110 Å². The summed E-state index contributed by atoms with van der Waals surface area (Å²) in [5.41, 5.74) is 1.70. The number of likely N-dealkylation sites (N-methyl/N-ethyl adjacent to an activating group) is 1. The van der Waals surface area contributed by atoms with Crippen molar-refractivity contribution in [2.45, 2.75) is 6.92 Å². The van der Waals surface area contributed by atoms with Gasteiger partial charge < -0.3 is 14.7 Å². The number of carbonyl (C=O) groups is 2. The van der Waals surface area contributed by atoms with Gasteiger partial charge >= 0.3 is 6.09 Å². The van der Waals surface area contributed by atoms with Crippen molar-refractivity contribution in [2.24, 2.45) is 0 Å². The van der Waals surface area contributed by atoms with E-state index in [1.54, 1.807) is 45.5 Å². The van der Waals surface area contributed by atoms with Gasteiger partial charge in [-0.3, -0.25) is 4.79 Å². The molecule has 0 fully saturated rings. The number of benzene rings is 1. The number of rotatable bonds is 4. The molecule has 3 aromatic rings. The van der Waals surface area contributed by atoms with E-state index in [1.165, 1.54) is 11.1 Å². The monoisotopic (exact) mass is 355 g/mol. The van der Waals surface area contributed by atoms with E-state index >= 15 is 0 Å². The Balaban J connectivity index is 2.11. The van der Waals surface area contributed by atoms with Crippen LogP contribution < -0.4 is 4.74 Å². The first-order valence-corrected chi connectivity index (χ1v) is 7.74. The Morgan fingerprint density at radius 1 is 1.19 bits per heavy atom. The summed E-state index contributed by atoms with van der Waals surface area (Å²) in [4.78, 5) is 32.9. The summed E-state index contributed by atoms with van der Waals surface area (Å²) in [6.45, 7) is 1.59. The second kappa shape index (κ2) is 6.79. The van der Waals surface area contributed by atoms with E-state index in [2.05, 4.69) is 15.1 Å². The Morgan fingerprint density at radius 2 is 1.88 bits per heavy atom. The lowest BCUT2D eigenvalue weighted by molar-refractivity contribution is -0.130. The number of aromatic nitrogens is 4. The molecule has 0 aliphatic heterocycles. The Morgan fingerprint density at radius 3 is 2.50 bits per heavy atom. The molecule has 1 N–H and O–H groups in total. The highest BCUT2D eigenvalue weighted by Crippen LogP contribution is 2.34. The molecule has 9 nitrogen and oxygen atoms in total. The SMILES string of the molecule is Cc1ncc(-c2cc3cnn(C(=O)O)c3cc2OCC(=O)N(C)C)cn1. The van der Waals surface area contributed by atoms with Gasteiger partial charge in [0.1, 0.15) is 11.6 Å². The molecule has 9 heteroatoms. The number of nitrogens with zero attached hydrogens (tertiary/aromatic N) is 5. The fourth-order valence-electron chi connectivity index (χ4n) is 2.35. The van der Waals surface area contributed by atoms with Gasteiger partial charge in [0.25, 0.3) is 5.91 Å². The zero-order valence-corrected chi connectivity index (χ0v) is 14.5. The molecule has 2 aromatic heterocycles. The van der Waals surface area contributed by atoms with Crippen molar-refractivity contribution in [1.82, 2.24) is 24.6 Å². The predicted octanol–water partition coefficient (Wildman–Crippen LogP) is 1.79. The van der Waals surface area contributed by atoms with Gasteiger partial charge in [-0.15, -0.1) is 0 Å². The third kappa shape index (κ3) is 3.32. The second-order valence-corrected chi connectivity index (χ2v) is 5.84. The number of aryl methyl sites for hydroxylation is 1. The highest BCUT2D eigenvalue weighted by atomic mass is 16.5. The predicted molar refractivity (Wildman–Crippen MR) is 93.1 cm³/mol. The van der Waals surface area contributed by atoms with Crippen LogP contribution >= 0.6 is 0 Å². The van der Waals surface area contributed by atoms with E-state index in [1.807, 2.05) is 0 Å². The minimum Gasteiger partial charge on any atom is -0.483 e. The first-order chi connectivity index (χ1) is 12.4. The molecule has 2 heterocycles. The zero-order valence-electron chi connectivity index (χ0n) is 14.5. The molecule has 26 heavy (non-hydrogen) atoms. The quantitative estimate of drug-likeness (QED) is 0.759. The fourth-order valence-corrected chi connectivity index (χ4v) is 2.35. The molecule has 3 rings (SSSR count). The van der Waals surface area contributed by atoms with Crippen molar-refractivity contribution < 1.29 is 19.4 Å². The third-order valence-electron chi connectivity index (χ3n) is 3.79. The van der Waals surface area contributed by atoms with Crippen molar-refractivity contribution in [3.63, 3.8) is 0 Å². The largest absolute Gasteiger partial charge is 0.483 e. The normalized spacial score (nSPS) is 10.7. The lowest BCUT2D eigenvalue weighted by Gasteiger charge is -2.14. The molecular weight excluding hydrogens is 338 g/mol. The highest BCUT2D eigenvalue weighted by molar-refractivity contribution is 5.92. The zero-order chi connectivity index (χ0) is 18.8. The third-order valence-corrected chi connectivity index (χ3v) is 3.79. The minimum absolute atomic E-state index is 0.181.